The molecule has 14 heteroatoms. The highest BCUT2D eigenvalue weighted by Crippen LogP contribution is 2.36. The Bertz CT molecular complexity index is 1370. The lowest BCUT2D eigenvalue weighted by Crippen LogP contribution is -2.47. The van der Waals surface area contributed by atoms with Gasteiger partial charge in [-0.15, -0.1) is 0 Å². The number of alkyl halides is 3. The Morgan fingerprint density at radius 1 is 1.16 bits per heavy atom. The second-order valence-corrected chi connectivity index (χ2v) is 10.8. The van der Waals surface area contributed by atoms with Gasteiger partial charge in [-0.1, -0.05) is 12.1 Å². The van der Waals surface area contributed by atoms with Crippen LogP contribution < -0.4 is 5.73 Å². The molecule has 10 nitrogen and oxygen atoms in total. The summed E-state index contributed by atoms with van der Waals surface area (Å²) in [6.45, 7) is 1.25. The van der Waals surface area contributed by atoms with Crippen molar-refractivity contribution in [3.8, 4) is 6.07 Å². The van der Waals surface area contributed by atoms with Gasteiger partial charge in [0.25, 0.3) is 5.91 Å². The predicted molar refractivity (Wildman–Crippen MR) is 131 cm³/mol. The van der Waals surface area contributed by atoms with E-state index >= 15 is 0 Å². The number of nitriles is 1. The van der Waals surface area contributed by atoms with Gasteiger partial charge in [-0.2, -0.15) is 18.4 Å². The molecular formula is C24H26F3N5O5S. The summed E-state index contributed by atoms with van der Waals surface area (Å²) < 4.78 is 68.2. The maximum atomic E-state index is 14.1. The summed E-state index contributed by atoms with van der Waals surface area (Å²) in [4.78, 5) is 27.3. The molecule has 0 saturated carbocycles. The SMILES string of the molecule is CCS(=O)(=O)N(Cc1cccc(C#N)c1)C(=O)c1cc(C(F)(F)F)c(CN2CCN(C(=O)O)CC2)cc1N. The zero-order valence-electron chi connectivity index (χ0n) is 20.4. The van der Waals surface area contributed by atoms with E-state index in [9.17, 15) is 31.2 Å². The average Bonchev–Trinajstić information content (AvgIpc) is 2.86. The fourth-order valence-electron chi connectivity index (χ4n) is 4.07. The van der Waals surface area contributed by atoms with Crippen LogP contribution in [-0.2, 0) is 29.3 Å². The van der Waals surface area contributed by atoms with Crippen LogP contribution in [0, 0.1) is 11.3 Å². The van der Waals surface area contributed by atoms with E-state index in [-0.39, 0.29) is 49.5 Å². The molecule has 38 heavy (non-hydrogen) atoms. The fourth-order valence-corrected chi connectivity index (χ4v) is 5.08. The number of amides is 2. The van der Waals surface area contributed by atoms with Crippen molar-refractivity contribution in [2.45, 2.75) is 26.2 Å². The molecule has 0 aromatic heterocycles. The van der Waals surface area contributed by atoms with Crippen LogP contribution in [0.3, 0.4) is 0 Å². The fraction of sp³-hybridized carbons (Fsp3) is 0.375. The summed E-state index contributed by atoms with van der Waals surface area (Å²) in [5.74, 6) is -1.72. The summed E-state index contributed by atoms with van der Waals surface area (Å²) in [6.07, 6.45) is -5.99. The smallest absolute Gasteiger partial charge is 0.416 e. The number of rotatable bonds is 7. The van der Waals surface area contributed by atoms with E-state index in [1.807, 2.05) is 6.07 Å². The number of piperazine rings is 1. The van der Waals surface area contributed by atoms with Gasteiger partial charge in [0.15, 0.2) is 0 Å². The van der Waals surface area contributed by atoms with Crippen molar-refractivity contribution in [2.24, 2.45) is 0 Å². The highest BCUT2D eigenvalue weighted by Gasteiger charge is 2.37. The van der Waals surface area contributed by atoms with Crippen LogP contribution in [0.4, 0.5) is 23.7 Å². The molecule has 0 atom stereocenters. The van der Waals surface area contributed by atoms with Gasteiger partial charge in [0.05, 0.1) is 35.1 Å². The lowest BCUT2D eigenvalue weighted by Gasteiger charge is -2.33. The van der Waals surface area contributed by atoms with Gasteiger partial charge in [0.2, 0.25) is 10.0 Å². The number of nitrogen functional groups attached to an aromatic ring is 1. The maximum absolute atomic E-state index is 14.1. The number of halogens is 3. The third-order valence-corrected chi connectivity index (χ3v) is 7.85. The summed E-state index contributed by atoms with van der Waals surface area (Å²) in [7, 11) is -4.23. The van der Waals surface area contributed by atoms with E-state index in [0.29, 0.717) is 15.9 Å². The molecule has 0 unspecified atom stereocenters. The first kappa shape index (κ1) is 28.7. The van der Waals surface area contributed by atoms with Crippen LogP contribution in [0.15, 0.2) is 36.4 Å². The molecular weight excluding hydrogens is 527 g/mol. The molecule has 1 saturated heterocycles. The van der Waals surface area contributed by atoms with Crippen molar-refractivity contribution in [3.63, 3.8) is 0 Å². The van der Waals surface area contributed by atoms with Crippen LogP contribution in [0.2, 0.25) is 0 Å². The van der Waals surface area contributed by atoms with Crippen molar-refractivity contribution in [2.75, 3.05) is 37.7 Å². The summed E-state index contributed by atoms with van der Waals surface area (Å²) in [5, 5.41) is 18.2. The number of carbonyl (C=O) groups excluding carboxylic acids is 1. The number of benzene rings is 2. The summed E-state index contributed by atoms with van der Waals surface area (Å²) in [6, 6.07) is 9.32. The summed E-state index contributed by atoms with van der Waals surface area (Å²) >= 11 is 0. The average molecular weight is 554 g/mol. The molecule has 2 aromatic carbocycles. The van der Waals surface area contributed by atoms with Gasteiger partial charge >= 0.3 is 12.3 Å². The minimum absolute atomic E-state index is 0.125. The van der Waals surface area contributed by atoms with Gasteiger partial charge in [-0.3, -0.25) is 9.69 Å². The lowest BCUT2D eigenvalue weighted by atomic mass is 10.00. The van der Waals surface area contributed by atoms with E-state index in [4.69, 9.17) is 16.1 Å². The van der Waals surface area contributed by atoms with Crippen molar-refractivity contribution in [1.82, 2.24) is 14.1 Å². The zero-order valence-corrected chi connectivity index (χ0v) is 21.2. The number of hydrogen-bond acceptors (Lipinski definition) is 7. The molecule has 0 aliphatic carbocycles. The Morgan fingerprint density at radius 3 is 2.37 bits per heavy atom. The second-order valence-electron chi connectivity index (χ2n) is 8.66. The normalized spacial score (nSPS) is 14.7. The number of carboxylic acid groups (broad SMARTS) is 1. The first-order valence-corrected chi connectivity index (χ1v) is 13.1. The topological polar surface area (TPSA) is 148 Å². The van der Waals surface area contributed by atoms with E-state index in [1.165, 1.54) is 31.2 Å². The first-order valence-electron chi connectivity index (χ1n) is 11.5. The van der Waals surface area contributed by atoms with E-state index in [0.717, 1.165) is 11.0 Å². The second kappa shape index (κ2) is 11.3. The minimum Gasteiger partial charge on any atom is -0.465 e. The molecule has 0 radical (unpaired) electrons. The van der Waals surface area contributed by atoms with Gasteiger partial charge < -0.3 is 15.7 Å². The minimum atomic E-state index is -4.88. The van der Waals surface area contributed by atoms with Gasteiger partial charge in [-0.05, 0) is 42.3 Å². The quantitative estimate of drug-likeness (QED) is 0.498. The number of hydrogen-bond donors (Lipinski definition) is 2. The molecule has 1 aliphatic rings. The molecule has 1 heterocycles. The van der Waals surface area contributed by atoms with Crippen LogP contribution >= 0.6 is 0 Å². The van der Waals surface area contributed by atoms with E-state index < -0.39 is 51.6 Å². The van der Waals surface area contributed by atoms with Crippen LogP contribution in [-0.4, -0.2) is 71.6 Å². The molecule has 0 spiro atoms. The third-order valence-electron chi connectivity index (χ3n) is 6.16. The number of nitrogens with two attached hydrogens (primary N) is 1. The monoisotopic (exact) mass is 553 g/mol. The van der Waals surface area contributed by atoms with E-state index in [2.05, 4.69) is 0 Å². The largest absolute Gasteiger partial charge is 0.465 e. The molecule has 3 N–H and O–H groups in total. The molecule has 1 fully saturated rings. The van der Waals surface area contributed by atoms with Crippen LogP contribution in [0.25, 0.3) is 0 Å². The van der Waals surface area contributed by atoms with Gasteiger partial charge in [0, 0.05) is 38.4 Å². The Balaban J connectivity index is 1.98. The van der Waals surface area contributed by atoms with Gasteiger partial charge in [-0.25, -0.2) is 17.5 Å². The van der Waals surface area contributed by atoms with Crippen molar-refractivity contribution >= 4 is 27.7 Å². The van der Waals surface area contributed by atoms with Gasteiger partial charge in [0.1, 0.15) is 0 Å². The number of sulfonamides is 1. The van der Waals surface area contributed by atoms with Crippen molar-refractivity contribution < 1.29 is 36.3 Å². The number of carbonyl (C=O) groups is 2. The molecule has 204 valence electrons. The number of nitrogens with zero attached hydrogens (tertiary/aromatic N) is 4. The Labute approximate surface area is 217 Å². The molecule has 2 aromatic rings. The molecule has 2 amide bonds. The highest BCUT2D eigenvalue weighted by molar-refractivity contribution is 7.89. The standard InChI is InChI=1S/C24H26F3N5O5S/c1-2-38(36,37)32(14-17-5-3-4-16(10-17)13-28)22(33)19-12-20(24(25,26)27)18(11-21(19)29)15-30-6-8-31(9-7-30)23(34)35/h3-5,10-12H,2,6-9,14-15,29H2,1H3,(H,34,35). The number of anilines is 1. The van der Waals surface area contributed by atoms with Crippen LogP contribution in [0.1, 0.15) is 39.5 Å². The molecule has 1 aliphatic heterocycles. The highest BCUT2D eigenvalue weighted by atomic mass is 32.2. The van der Waals surface area contributed by atoms with Crippen LogP contribution in [0.5, 0.6) is 0 Å². The lowest BCUT2D eigenvalue weighted by molar-refractivity contribution is -0.138. The first-order chi connectivity index (χ1) is 17.8. The Morgan fingerprint density at radius 2 is 1.82 bits per heavy atom. The summed E-state index contributed by atoms with van der Waals surface area (Å²) in [5.41, 5.74) is 4.20. The van der Waals surface area contributed by atoms with Crippen molar-refractivity contribution in [1.29, 1.82) is 5.26 Å². The van der Waals surface area contributed by atoms with Crippen molar-refractivity contribution in [3.05, 3.63) is 64.2 Å². The maximum Gasteiger partial charge on any atom is 0.416 e. The molecule has 3 rings (SSSR count). The third kappa shape index (κ3) is 6.53. The van der Waals surface area contributed by atoms with E-state index in [1.54, 1.807) is 4.90 Å². The predicted octanol–water partition coefficient (Wildman–Crippen LogP) is 2.95. The molecule has 0 bridgehead atoms. The zero-order chi connectivity index (χ0) is 28.3. The Hall–Kier alpha value is -3.83. The Kier molecular flexibility index (Phi) is 8.53.